The maximum Gasteiger partial charge on any atom is 0.141 e. The summed E-state index contributed by atoms with van der Waals surface area (Å²) in [5, 5.41) is 4.68. The summed E-state index contributed by atoms with van der Waals surface area (Å²) in [7, 11) is 0. The van der Waals surface area contributed by atoms with Crippen molar-refractivity contribution >= 4 is 47.4 Å². The first-order valence-electron chi connectivity index (χ1n) is 6.24. The maximum absolute atomic E-state index is 14.2. The summed E-state index contributed by atoms with van der Waals surface area (Å²) in [6.45, 7) is 3.97. The summed E-state index contributed by atoms with van der Waals surface area (Å²) in [4.78, 5) is 0. The summed E-state index contributed by atoms with van der Waals surface area (Å²) in [6.07, 6.45) is 2.41. The SMILES string of the molecule is C[C@@H]1CNCC[C@@H]1c1c(F)ccc2c(Cl)coc12.Cl.Cl. The van der Waals surface area contributed by atoms with Gasteiger partial charge in [0.2, 0.25) is 0 Å². The monoisotopic (exact) mass is 339 g/mol. The molecule has 0 spiro atoms. The molecule has 0 saturated carbocycles. The molecular weight excluding hydrogens is 324 g/mol. The lowest BCUT2D eigenvalue weighted by molar-refractivity contribution is 0.341. The van der Waals surface area contributed by atoms with Gasteiger partial charge < -0.3 is 9.73 Å². The van der Waals surface area contributed by atoms with Crippen LogP contribution >= 0.6 is 36.4 Å². The molecule has 1 aliphatic heterocycles. The average Bonchev–Trinajstić information content (AvgIpc) is 2.73. The van der Waals surface area contributed by atoms with Crippen molar-refractivity contribution in [2.75, 3.05) is 13.1 Å². The van der Waals surface area contributed by atoms with Gasteiger partial charge in [0.25, 0.3) is 0 Å². The molecule has 1 fully saturated rings. The fourth-order valence-electron chi connectivity index (χ4n) is 2.85. The van der Waals surface area contributed by atoms with E-state index in [4.69, 9.17) is 16.0 Å². The van der Waals surface area contributed by atoms with Gasteiger partial charge in [-0.2, -0.15) is 0 Å². The maximum atomic E-state index is 14.2. The molecular formula is C14H17Cl3FNO. The number of rotatable bonds is 1. The van der Waals surface area contributed by atoms with Crippen LogP contribution in [-0.4, -0.2) is 13.1 Å². The highest BCUT2D eigenvalue weighted by molar-refractivity contribution is 6.35. The summed E-state index contributed by atoms with van der Waals surface area (Å²) in [6, 6.07) is 3.18. The Morgan fingerprint density at radius 2 is 2.10 bits per heavy atom. The number of furan rings is 1. The molecule has 3 rings (SSSR count). The van der Waals surface area contributed by atoms with Crippen LogP contribution in [0.5, 0.6) is 0 Å². The van der Waals surface area contributed by atoms with E-state index in [2.05, 4.69) is 12.2 Å². The lowest BCUT2D eigenvalue weighted by atomic mass is 9.81. The third kappa shape index (κ3) is 2.91. The third-order valence-electron chi connectivity index (χ3n) is 3.84. The smallest absolute Gasteiger partial charge is 0.141 e. The standard InChI is InChI=1S/C14H15ClFNO.2ClH/c1-8-6-17-5-4-9(8)13-12(16)3-2-10-11(15)7-18-14(10)13;;/h2-3,7-9,17H,4-6H2,1H3;2*1H/t8-,9+;;/m1../s1. The second-order valence-corrected chi connectivity index (χ2v) is 5.41. The van der Waals surface area contributed by atoms with Gasteiger partial charge in [-0.05, 0) is 43.5 Å². The first-order valence-corrected chi connectivity index (χ1v) is 6.62. The highest BCUT2D eigenvalue weighted by Gasteiger charge is 2.28. The van der Waals surface area contributed by atoms with Crippen LogP contribution in [0, 0.1) is 11.7 Å². The first-order chi connectivity index (χ1) is 8.68. The molecule has 0 amide bonds. The summed E-state index contributed by atoms with van der Waals surface area (Å²) in [5.41, 5.74) is 1.30. The molecule has 0 bridgehead atoms. The molecule has 0 aliphatic carbocycles. The van der Waals surface area contributed by atoms with Crippen LogP contribution in [0.3, 0.4) is 0 Å². The summed E-state index contributed by atoms with van der Waals surface area (Å²) in [5.74, 6) is 0.396. The molecule has 0 unspecified atom stereocenters. The largest absolute Gasteiger partial charge is 0.462 e. The van der Waals surface area contributed by atoms with E-state index in [1.54, 1.807) is 6.07 Å². The molecule has 2 atom stereocenters. The van der Waals surface area contributed by atoms with Crippen LogP contribution in [0.2, 0.25) is 5.02 Å². The van der Waals surface area contributed by atoms with Gasteiger partial charge in [-0.25, -0.2) is 4.39 Å². The zero-order valence-corrected chi connectivity index (χ0v) is 13.4. The van der Waals surface area contributed by atoms with Gasteiger partial charge in [0.15, 0.2) is 0 Å². The van der Waals surface area contributed by atoms with E-state index >= 15 is 0 Å². The van der Waals surface area contributed by atoms with Crippen LogP contribution in [0.1, 0.15) is 24.8 Å². The Balaban J connectivity index is 0.000001000. The van der Waals surface area contributed by atoms with E-state index in [0.29, 0.717) is 22.1 Å². The Labute approximate surface area is 134 Å². The van der Waals surface area contributed by atoms with Crippen molar-refractivity contribution in [1.29, 1.82) is 0 Å². The van der Waals surface area contributed by atoms with Gasteiger partial charge in [0.1, 0.15) is 17.7 Å². The lowest BCUT2D eigenvalue weighted by Crippen LogP contribution is -2.34. The van der Waals surface area contributed by atoms with Gasteiger partial charge in [0, 0.05) is 10.9 Å². The highest BCUT2D eigenvalue weighted by atomic mass is 35.5. The molecule has 20 heavy (non-hydrogen) atoms. The van der Waals surface area contributed by atoms with Crippen LogP contribution in [0.15, 0.2) is 22.8 Å². The van der Waals surface area contributed by atoms with Crippen molar-refractivity contribution in [3.63, 3.8) is 0 Å². The van der Waals surface area contributed by atoms with E-state index in [0.717, 1.165) is 24.9 Å². The quantitative estimate of drug-likeness (QED) is 0.808. The second kappa shape index (κ2) is 6.99. The second-order valence-electron chi connectivity index (χ2n) is 5.00. The number of fused-ring (bicyclic) bond motifs is 1. The average molecular weight is 341 g/mol. The number of piperidine rings is 1. The van der Waals surface area contributed by atoms with Crippen molar-refractivity contribution in [2.45, 2.75) is 19.3 Å². The molecule has 2 aromatic rings. The van der Waals surface area contributed by atoms with Crippen molar-refractivity contribution < 1.29 is 8.81 Å². The van der Waals surface area contributed by atoms with Gasteiger partial charge in [0.05, 0.1) is 5.02 Å². The Morgan fingerprint density at radius 3 is 2.80 bits per heavy atom. The van der Waals surface area contributed by atoms with Crippen molar-refractivity contribution in [3.8, 4) is 0 Å². The minimum Gasteiger partial charge on any atom is -0.462 e. The number of hydrogen-bond acceptors (Lipinski definition) is 2. The fourth-order valence-corrected chi connectivity index (χ4v) is 3.05. The van der Waals surface area contributed by atoms with E-state index in [1.807, 2.05) is 0 Å². The zero-order valence-electron chi connectivity index (χ0n) is 11.0. The molecule has 0 radical (unpaired) electrons. The Kier molecular flexibility index (Phi) is 6.14. The van der Waals surface area contributed by atoms with Crippen LogP contribution in [-0.2, 0) is 0 Å². The van der Waals surface area contributed by atoms with Gasteiger partial charge in [-0.15, -0.1) is 24.8 Å². The minimum absolute atomic E-state index is 0. The topological polar surface area (TPSA) is 25.2 Å². The van der Waals surface area contributed by atoms with Crippen LogP contribution < -0.4 is 5.32 Å². The third-order valence-corrected chi connectivity index (χ3v) is 4.13. The summed E-state index contributed by atoms with van der Waals surface area (Å²) >= 11 is 6.04. The number of benzene rings is 1. The number of halogens is 4. The highest BCUT2D eigenvalue weighted by Crippen LogP contribution is 2.39. The Morgan fingerprint density at radius 1 is 1.35 bits per heavy atom. The van der Waals surface area contributed by atoms with Gasteiger partial charge in [-0.1, -0.05) is 18.5 Å². The van der Waals surface area contributed by atoms with Crippen molar-refractivity contribution in [1.82, 2.24) is 5.32 Å². The molecule has 1 saturated heterocycles. The van der Waals surface area contributed by atoms with E-state index < -0.39 is 0 Å². The number of hydrogen-bond donors (Lipinski definition) is 1. The number of nitrogens with one attached hydrogen (secondary N) is 1. The Hall–Kier alpha value is -0.480. The molecule has 1 aromatic carbocycles. The molecule has 2 nitrogen and oxygen atoms in total. The van der Waals surface area contributed by atoms with E-state index in [9.17, 15) is 4.39 Å². The van der Waals surface area contributed by atoms with E-state index in [-0.39, 0.29) is 36.5 Å². The molecule has 1 aliphatic rings. The Bertz CT molecular complexity index is 587. The minimum atomic E-state index is -0.188. The molecule has 112 valence electrons. The van der Waals surface area contributed by atoms with E-state index in [1.165, 1.54) is 12.3 Å². The first kappa shape index (κ1) is 17.6. The normalized spacial score (nSPS) is 22.1. The zero-order chi connectivity index (χ0) is 12.7. The molecule has 2 heterocycles. The predicted octanol–water partition coefficient (Wildman–Crippen LogP) is 4.78. The van der Waals surface area contributed by atoms with Gasteiger partial charge >= 0.3 is 0 Å². The van der Waals surface area contributed by atoms with Crippen molar-refractivity contribution in [2.24, 2.45) is 5.92 Å². The molecule has 6 heteroatoms. The molecule has 1 N–H and O–H groups in total. The summed E-state index contributed by atoms with van der Waals surface area (Å²) < 4.78 is 19.6. The van der Waals surface area contributed by atoms with Crippen LogP contribution in [0.4, 0.5) is 4.39 Å². The van der Waals surface area contributed by atoms with Gasteiger partial charge in [-0.3, -0.25) is 0 Å². The molecule has 1 aromatic heterocycles. The predicted molar refractivity (Wildman–Crippen MR) is 85.1 cm³/mol. The van der Waals surface area contributed by atoms with Crippen molar-refractivity contribution in [3.05, 3.63) is 34.8 Å². The fraction of sp³-hybridized carbons (Fsp3) is 0.429. The lowest BCUT2D eigenvalue weighted by Gasteiger charge is -2.30. The van der Waals surface area contributed by atoms with Crippen LogP contribution in [0.25, 0.3) is 11.0 Å².